The summed E-state index contributed by atoms with van der Waals surface area (Å²) in [6, 6.07) is 14.0. The summed E-state index contributed by atoms with van der Waals surface area (Å²) in [5.74, 6) is 4.48. The molecule has 0 N–H and O–H groups in total. The Bertz CT molecular complexity index is 2060. The number of aromatic nitrogens is 1. The van der Waals surface area contributed by atoms with Crippen LogP contribution in [0.1, 0.15) is 267 Å². The van der Waals surface area contributed by atoms with Crippen LogP contribution in [0, 0.1) is 58.2 Å². The lowest BCUT2D eigenvalue weighted by molar-refractivity contribution is -0.118. The lowest BCUT2D eigenvalue weighted by Gasteiger charge is -2.27. The minimum Gasteiger partial charge on any atom is -0.384 e. The van der Waals surface area contributed by atoms with Crippen LogP contribution in [0.4, 0.5) is 8.78 Å². The highest BCUT2D eigenvalue weighted by molar-refractivity contribution is 5.81. The van der Waals surface area contributed by atoms with E-state index in [0.717, 1.165) is 140 Å². The van der Waals surface area contributed by atoms with Gasteiger partial charge in [-0.15, -0.1) is 0 Å². The first-order valence-corrected chi connectivity index (χ1v) is 43.4. The second kappa shape index (κ2) is 82.6. The van der Waals surface area contributed by atoms with Crippen LogP contribution in [0.3, 0.4) is 0 Å². The molecule has 9 fully saturated rings. The van der Waals surface area contributed by atoms with Gasteiger partial charge in [0.1, 0.15) is 5.78 Å². The van der Waals surface area contributed by atoms with E-state index in [1.165, 1.54) is 154 Å². The van der Waals surface area contributed by atoms with Crippen molar-refractivity contribution in [1.82, 2.24) is 4.98 Å². The molecule has 2 aromatic rings. The number of pyridine rings is 1. The summed E-state index contributed by atoms with van der Waals surface area (Å²) in [7, 11) is 25.9. The molecule has 0 radical (unpaired) electrons. The second-order valence-electron chi connectivity index (χ2n) is 34.6. The molecular weight excluding hydrogens is 1450 g/mol. The van der Waals surface area contributed by atoms with Crippen molar-refractivity contribution < 1.29 is 89.4 Å². The van der Waals surface area contributed by atoms with Gasteiger partial charge in [-0.1, -0.05) is 145 Å². The third kappa shape index (κ3) is 88.5. The number of alkyl halides is 2. The Hall–Kier alpha value is -2.74. The largest absolute Gasteiger partial charge is 0.384 e. The number of carbonyl (C=O) groups excluding carboxylic acids is 1. The van der Waals surface area contributed by atoms with E-state index in [1.807, 2.05) is 42.5 Å². The number of hydrogen-bond donors (Lipinski definition) is 0. The third-order valence-corrected chi connectivity index (χ3v) is 19.0. The summed E-state index contributed by atoms with van der Waals surface area (Å²) in [6.45, 7) is 33.9. The van der Waals surface area contributed by atoms with E-state index in [-0.39, 0.29) is 25.0 Å². The van der Waals surface area contributed by atoms with Gasteiger partial charge in [-0.25, -0.2) is 8.78 Å². The van der Waals surface area contributed by atoms with Gasteiger partial charge in [0.05, 0.1) is 44.7 Å². The van der Waals surface area contributed by atoms with Gasteiger partial charge in [0.2, 0.25) is 0 Å². The maximum atomic E-state index is 12.6. The van der Waals surface area contributed by atoms with Gasteiger partial charge in [-0.3, -0.25) is 9.78 Å². The first-order valence-electron chi connectivity index (χ1n) is 43.4. The van der Waals surface area contributed by atoms with Crippen molar-refractivity contribution in [3.8, 4) is 0 Å². The molecule has 0 spiro atoms. The number of hydrogen-bond acceptors (Lipinski definition) is 18. The van der Waals surface area contributed by atoms with E-state index >= 15 is 0 Å². The first-order chi connectivity index (χ1) is 54.5. The predicted octanol–water partition coefficient (Wildman–Crippen LogP) is 22.2. The van der Waals surface area contributed by atoms with E-state index in [9.17, 15) is 13.6 Å². The molecule has 11 rings (SSSR count). The van der Waals surface area contributed by atoms with Gasteiger partial charge in [0.15, 0.2) is 0 Å². The highest BCUT2D eigenvalue weighted by Gasteiger charge is 2.36. The van der Waals surface area contributed by atoms with Crippen LogP contribution in [0.5, 0.6) is 0 Å². The van der Waals surface area contributed by atoms with Crippen LogP contribution < -0.4 is 0 Å². The average Bonchev–Trinajstić information content (AvgIpc) is 1.63. The molecule has 678 valence electrons. The number of rotatable bonds is 25. The molecule has 1 aliphatic heterocycles. The molecule has 1 saturated heterocycles. The summed E-state index contributed by atoms with van der Waals surface area (Å²) in [5.41, 5.74) is 3.04. The minimum atomic E-state index is -2.47. The van der Waals surface area contributed by atoms with Gasteiger partial charge >= 0.3 is 0 Å². The van der Waals surface area contributed by atoms with Gasteiger partial charge < -0.3 is 75.8 Å². The summed E-state index contributed by atoms with van der Waals surface area (Å²) >= 11 is 0. The van der Waals surface area contributed by atoms with Crippen LogP contribution in [-0.2, 0) is 93.8 Å². The van der Waals surface area contributed by atoms with Crippen molar-refractivity contribution in [3.63, 3.8) is 0 Å². The Balaban J connectivity index is -0.000000570. The van der Waals surface area contributed by atoms with Crippen molar-refractivity contribution in [1.29, 1.82) is 0 Å². The number of nitrogens with zero attached hydrogens (tertiary/aromatic N) is 1. The smallest absolute Gasteiger partial charge is 0.250 e. The standard InChI is InChI=1S/C8H16O.C8H10O.C7H12F2O.C7H9NO.C7H14O2.2C7H14O.C6H10O2.2C6H14O.3C5H10O.2C5H12O/c2*1-9-7-8-5-3-2-4-6-8;1-10-6-3-2-4-7(8,9)5-6;1-9-6-7-2-4-8-5-3-7;1-8-6-7-2-4-9-5-3-7;2*1-8-6-7-4-2-3-5-7;1-8-6-3-2-5(7)4-6;2*1-6(2,3)5-7-4;2*1-6-4-5-2-3-5;1-6-5-3-2-4-5;2*1-5(2)4-6-3/h8H,2-7H2,1H3;2-6H,7H2,1H3;6H,2-5H2,1H3;2-5H,6H2,1H3;7H,2-6H2,1H3;2*7H,2-6H2,1H3;6H,2-4H2,1H3;2*5H2,1-4H3;3*5H,2-4H2,1H3;2*5H,4H2,1-3H3. The monoisotopic (exact) mass is 1630 g/mol. The third-order valence-electron chi connectivity index (χ3n) is 19.0. The van der Waals surface area contributed by atoms with Crippen LogP contribution in [0.15, 0.2) is 54.9 Å². The van der Waals surface area contributed by atoms with Crippen molar-refractivity contribution in [3.05, 3.63) is 66.0 Å². The molecular formula is C94H181F2NO17. The molecule has 8 aliphatic carbocycles. The highest BCUT2D eigenvalue weighted by Crippen LogP contribution is 2.34. The highest BCUT2D eigenvalue weighted by atomic mass is 19.3. The molecule has 1 aromatic carbocycles. The molecule has 0 amide bonds. The number of Topliss-reactive ketones (excluding diaryl/α,β-unsaturated/α-hetero) is 1. The zero-order valence-corrected chi connectivity index (χ0v) is 78.1. The Morgan fingerprint density at radius 1 is 0.386 bits per heavy atom. The van der Waals surface area contributed by atoms with E-state index in [1.54, 1.807) is 112 Å². The van der Waals surface area contributed by atoms with Gasteiger partial charge in [0, 0.05) is 211 Å². The van der Waals surface area contributed by atoms with Gasteiger partial charge in [0.25, 0.3) is 5.92 Å². The van der Waals surface area contributed by atoms with Crippen molar-refractivity contribution in [2.75, 3.05) is 186 Å². The Labute approximate surface area is 699 Å². The molecule has 8 saturated carbocycles. The Morgan fingerprint density at radius 2 is 0.728 bits per heavy atom. The lowest BCUT2D eigenvalue weighted by atomic mass is 9.90. The SMILES string of the molecule is COC1CCC(=O)C1.COC1CCC1.COC1CCCC(F)(F)C1.COCC(C)(C)C.COCC(C)(C)C.COCC(C)C.COCC(C)C.COCC1CC1.COCC1CC1.COCC1CCCC1.COCC1CCCC1.COCC1CCCCC1.COCC1CCOCC1.COCc1ccccc1.COCc1ccncc1. The van der Waals surface area contributed by atoms with Gasteiger partial charge in [-0.05, 0) is 197 Å². The lowest BCUT2D eigenvalue weighted by Crippen LogP contribution is -2.30. The molecule has 1 aromatic heterocycles. The van der Waals surface area contributed by atoms with Gasteiger partial charge in [-0.2, -0.15) is 0 Å². The number of ether oxygens (including phenoxy) is 16. The molecule has 18 nitrogen and oxygen atoms in total. The maximum Gasteiger partial charge on any atom is 0.250 e. The molecule has 114 heavy (non-hydrogen) atoms. The summed E-state index contributed by atoms with van der Waals surface area (Å²) in [6.07, 6.45) is 38.0. The van der Waals surface area contributed by atoms with Crippen molar-refractivity contribution in [2.24, 2.45) is 58.2 Å². The Morgan fingerprint density at radius 3 is 0.947 bits per heavy atom. The zero-order chi connectivity index (χ0) is 86.4. The second-order valence-corrected chi connectivity index (χ2v) is 34.6. The normalized spacial score (nSPS) is 19.0. The van der Waals surface area contributed by atoms with E-state index in [2.05, 4.69) is 74.2 Å². The quantitative estimate of drug-likeness (QED) is 0.0916. The molecule has 2 unspecified atom stereocenters. The van der Waals surface area contributed by atoms with Crippen molar-refractivity contribution in [2.45, 2.75) is 293 Å². The van der Waals surface area contributed by atoms with E-state index < -0.39 is 5.92 Å². The summed E-state index contributed by atoms with van der Waals surface area (Å²) < 4.78 is 104. The van der Waals surface area contributed by atoms with Crippen LogP contribution in [0.25, 0.3) is 0 Å². The molecule has 0 bridgehead atoms. The number of halogens is 2. The van der Waals surface area contributed by atoms with Crippen LogP contribution >= 0.6 is 0 Å². The number of ketones is 1. The van der Waals surface area contributed by atoms with Crippen molar-refractivity contribution >= 4 is 5.78 Å². The topological polar surface area (TPSA) is 178 Å². The fourth-order valence-corrected chi connectivity index (χ4v) is 12.4. The van der Waals surface area contributed by atoms with E-state index in [0.29, 0.717) is 60.6 Å². The number of benzene rings is 1. The number of methoxy groups -OCH3 is 15. The molecule has 9 aliphatic rings. The predicted molar refractivity (Wildman–Crippen MR) is 467 cm³/mol. The molecule has 2 atom stereocenters. The van der Waals surface area contributed by atoms with Crippen LogP contribution in [-0.4, -0.2) is 221 Å². The average molecular weight is 1640 g/mol. The zero-order valence-electron chi connectivity index (χ0n) is 78.1. The summed E-state index contributed by atoms with van der Waals surface area (Å²) in [5, 5.41) is 0. The first kappa shape index (κ1) is 118. The summed E-state index contributed by atoms with van der Waals surface area (Å²) in [4.78, 5) is 14.4. The molecule has 2 heterocycles. The fraction of sp³-hybridized carbons (Fsp3) is 0.872. The van der Waals surface area contributed by atoms with E-state index in [4.69, 9.17) is 75.8 Å². The minimum absolute atomic E-state index is 0.0346. The Kier molecular flexibility index (Phi) is 85.2. The number of carbonyl (C=O) groups is 1. The maximum absolute atomic E-state index is 12.6. The fourth-order valence-electron chi connectivity index (χ4n) is 12.4. The molecule has 20 heteroatoms. The van der Waals surface area contributed by atoms with Crippen LogP contribution in [0.2, 0.25) is 0 Å².